The maximum Gasteiger partial charge on any atom is 0.266 e. The van der Waals surface area contributed by atoms with Gasteiger partial charge in [-0.15, -0.1) is 11.3 Å². The van der Waals surface area contributed by atoms with Gasteiger partial charge in [-0.2, -0.15) is 11.3 Å². The molecule has 0 saturated carbocycles. The van der Waals surface area contributed by atoms with E-state index in [9.17, 15) is 14.0 Å². The second kappa shape index (κ2) is 9.07. The number of hydrogen-bond donors (Lipinski definition) is 1. The summed E-state index contributed by atoms with van der Waals surface area (Å²) in [4.78, 5) is 31.7. The molecule has 0 atom stereocenters. The van der Waals surface area contributed by atoms with Gasteiger partial charge in [0, 0.05) is 24.0 Å². The van der Waals surface area contributed by atoms with Gasteiger partial charge >= 0.3 is 0 Å². The van der Waals surface area contributed by atoms with Crippen LogP contribution >= 0.6 is 22.7 Å². The molecule has 2 amide bonds. The molecule has 0 bridgehead atoms. The highest BCUT2D eigenvalue weighted by atomic mass is 32.1. The Kier molecular flexibility index (Phi) is 6.53. The van der Waals surface area contributed by atoms with E-state index in [0.29, 0.717) is 17.1 Å². The number of halogens is 1. The van der Waals surface area contributed by atoms with Gasteiger partial charge in [0.05, 0.1) is 12.2 Å². The van der Waals surface area contributed by atoms with Gasteiger partial charge < -0.3 is 10.2 Å². The molecule has 3 aromatic rings. The number of amides is 2. The summed E-state index contributed by atoms with van der Waals surface area (Å²) < 4.78 is 12.9. The Hall–Kier alpha value is -2.58. The Morgan fingerprint density at radius 1 is 1.21 bits per heavy atom. The fourth-order valence-electron chi connectivity index (χ4n) is 2.61. The molecular formula is C20H20FN3O2S2. The molecule has 8 heteroatoms. The molecule has 28 heavy (non-hydrogen) atoms. The van der Waals surface area contributed by atoms with Crippen molar-refractivity contribution in [3.05, 3.63) is 63.0 Å². The van der Waals surface area contributed by atoms with Crippen LogP contribution in [-0.4, -0.2) is 34.8 Å². The predicted octanol–water partition coefficient (Wildman–Crippen LogP) is 4.10. The number of benzene rings is 1. The molecule has 1 N–H and O–H groups in total. The molecule has 0 unspecified atom stereocenters. The third-order valence-corrected chi connectivity index (χ3v) is 6.04. The van der Waals surface area contributed by atoms with Gasteiger partial charge in [0.2, 0.25) is 5.91 Å². The average Bonchev–Trinajstić information content (AvgIpc) is 3.34. The van der Waals surface area contributed by atoms with Crippen LogP contribution in [0.1, 0.15) is 27.9 Å². The number of carbonyl (C=O) groups excluding carboxylic acids is 2. The van der Waals surface area contributed by atoms with Gasteiger partial charge in [0.1, 0.15) is 15.7 Å². The Labute approximate surface area is 170 Å². The number of aryl methyl sites for hydroxylation is 1. The van der Waals surface area contributed by atoms with E-state index >= 15 is 0 Å². The molecule has 2 heterocycles. The molecule has 0 radical (unpaired) electrons. The highest BCUT2D eigenvalue weighted by Gasteiger charge is 2.23. The van der Waals surface area contributed by atoms with Crippen molar-refractivity contribution in [2.24, 2.45) is 0 Å². The summed E-state index contributed by atoms with van der Waals surface area (Å²) in [5.41, 5.74) is 2.46. The molecule has 0 aliphatic rings. The number of nitrogens with zero attached hydrogens (tertiary/aromatic N) is 2. The molecule has 146 valence electrons. The van der Waals surface area contributed by atoms with Crippen LogP contribution in [0.4, 0.5) is 4.39 Å². The third kappa shape index (κ3) is 4.82. The van der Waals surface area contributed by atoms with Crippen molar-refractivity contribution in [2.75, 3.05) is 13.1 Å². The third-order valence-electron chi connectivity index (χ3n) is 4.17. The van der Waals surface area contributed by atoms with Crippen LogP contribution < -0.4 is 5.32 Å². The summed E-state index contributed by atoms with van der Waals surface area (Å²) in [5.74, 6) is -0.782. The molecule has 3 rings (SSSR count). The van der Waals surface area contributed by atoms with E-state index in [1.165, 1.54) is 28.4 Å². The van der Waals surface area contributed by atoms with E-state index < -0.39 is 0 Å². The smallest absolute Gasteiger partial charge is 0.266 e. The highest BCUT2D eigenvalue weighted by molar-refractivity contribution is 7.17. The molecule has 0 spiro atoms. The Morgan fingerprint density at radius 2 is 1.96 bits per heavy atom. The summed E-state index contributed by atoms with van der Waals surface area (Å²) in [6, 6.07) is 7.90. The second-order valence-corrected chi connectivity index (χ2v) is 7.95. The molecule has 0 saturated heterocycles. The lowest BCUT2D eigenvalue weighted by molar-refractivity contribution is -0.121. The van der Waals surface area contributed by atoms with Gasteiger partial charge in [0.25, 0.3) is 5.91 Å². The minimum Gasteiger partial charge on any atom is -0.350 e. The first-order valence-electron chi connectivity index (χ1n) is 8.78. The Bertz CT molecular complexity index is 953. The average molecular weight is 418 g/mol. The first-order valence-corrected chi connectivity index (χ1v) is 10.5. The van der Waals surface area contributed by atoms with Crippen LogP contribution in [-0.2, 0) is 11.3 Å². The zero-order valence-electron chi connectivity index (χ0n) is 15.6. The Morgan fingerprint density at radius 3 is 2.61 bits per heavy atom. The fraction of sp³-hybridized carbons (Fsp3) is 0.250. The van der Waals surface area contributed by atoms with Crippen LogP contribution in [0.5, 0.6) is 0 Å². The lowest BCUT2D eigenvalue weighted by Crippen LogP contribution is -2.40. The predicted molar refractivity (Wildman–Crippen MR) is 110 cm³/mol. The van der Waals surface area contributed by atoms with Crippen molar-refractivity contribution in [2.45, 2.75) is 20.4 Å². The van der Waals surface area contributed by atoms with Crippen molar-refractivity contribution in [1.29, 1.82) is 0 Å². The van der Waals surface area contributed by atoms with Gasteiger partial charge in [0.15, 0.2) is 0 Å². The summed E-state index contributed by atoms with van der Waals surface area (Å²) in [5, 5.41) is 7.53. The van der Waals surface area contributed by atoms with Crippen LogP contribution in [0.2, 0.25) is 0 Å². The molecule has 5 nitrogen and oxygen atoms in total. The number of aromatic nitrogens is 1. The minimum atomic E-state index is -0.320. The number of carbonyl (C=O) groups is 2. The molecule has 1 aromatic carbocycles. The Balaban J connectivity index is 1.63. The fourth-order valence-corrected chi connectivity index (χ4v) is 4.35. The quantitative estimate of drug-likeness (QED) is 0.630. The van der Waals surface area contributed by atoms with Gasteiger partial charge in [-0.1, -0.05) is 12.1 Å². The number of hydrogen-bond acceptors (Lipinski definition) is 5. The SMILES string of the molecule is CCN(CC(=O)NCc1ccc(F)cc1)C(=O)c1sc(-c2ccsc2)nc1C. The lowest BCUT2D eigenvalue weighted by atomic mass is 10.2. The maximum absolute atomic E-state index is 12.9. The summed E-state index contributed by atoms with van der Waals surface area (Å²) >= 11 is 2.92. The van der Waals surface area contributed by atoms with E-state index in [4.69, 9.17) is 0 Å². The summed E-state index contributed by atoms with van der Waals surface area (Å²) in [7, 11) is 0. The number of likely N-dealkylation sites (N-methyl/N-ethyl adjacent to an activating group) is 1. The van der Waals surface area contributed by atoms with Crippen LogP contribution in [0.15, 0.2) is 41.1 Å². The molecule has 0 fully saturated rings. The molecular weight excluding hydrogens is 397 g/mol. The zero-order chi connectivity index (χ0) is 20.1. The van der Waals surface area contributed by atoms with Crippen LogP contribution in [0, 0.1) is 12.7 Å². The number of thiophene rings is 1. The van der Waals surface area contributed by atoms with Gasteiger partial charge in [-0.05, 0) is 43.0 Å². The van der Waals surface area contributed by atoms with Crippen molar-refractivity contribution in [1.82, 2.24) is 15.2 Å². The number of nitrogens with one attached hydrogen (secondary N) is 1. The maximum atomic E-state index is 12.9. The van der Waals surface area contributed by atoms with E-state index in [2.05, 4.69) is 10.3 Å². The standard InChI is InChI=1S/C20H20FN3O2S2/c1-3-24(11-17(25)22-10-14-4-6-16(21)7-5-14)20(26)18-13(2)23-19(28-18)15-8-9-27-12-15/h4-9,12H,3,10-11H2,1-2H3,(H,22,25). The normalized spacial score (nSPS) is 10.7. The highest BCUT2D eigenvalue weighted by Crippen LogP contribution is 2.30. The van der Waals surface area contributed by atoms with Crippen molar-refractivity contribution < 1.29 is 14.0 Å². The summed E-state index contributed by atoms with van der Waals surface area (Å²) in [6.07, 6.45) is 0. The largest absolute Gasteiger partial charge is 0.350 e. The number of rotatable bonds is 7. The van der Waals surface area contributed by atoms with E-state index in [-0.39, 0.29) is 30.7 Å². The zero-order valence-corrected chi connectivity index (χ0v) is 17.2. The topological polar surface area (TPSA) is 62.3 Å². The molecule has 0 aliphatic heterocycles. The molecule has 0 aliphatic carbocycles. The van der Waals surface area contributed by atoms with E-state index in [1.54, 1.807) is 23.5 Å². The van der Waals surface area contributed by atoms with Crippen molar-refractivity contribution in [3.63, 3.8) is 0 Å². The van der Waals surface area contributed by atoms with Crippen molar-refractivity contribution in [3.8, 4) is 10.6 Å². The first-order chi connectivity index (χ1) is 13.5. The number of thiazole rings is 1. The molecule has 2 aromatic heterocycles. The van der Waals surface area contributed by atoms with Crippen LogP contribution in [0.3, 0.4) is 0 Å². The van der Waals surface area contributed by atoms with E-state index in [1.807, 2.05) is 30.7 Å². The minimum absolute atomic E-state index is 0.0400. The van der Waals surface area contributed by atoms with Gasteiger partial charge in [-0.25, -0.2) is 9.37 Å². The summed E-state index contributed by atoms with van der Waals surface area (Å²) in [6.45, 7) is 4.30. The van der Waals surface area contributed by atoms with E-state index in [0.717, 1.165) is 16.1 Å². The first kappa shape index (κ1) is 20.2. The monoisotopic (exact) mass is 417 g/mol. The second-order valence-electron chi connectivity index (χ2n) is 6.17. The van der Waals surface area contributed by atoms with Crippen LogP contribution in [0.25, 0.3) is 10.6 Å². The lowest BCUT2D eigenvalue weighted by Gasteiger charge is -2.19. The van der Waals surface area contributed by atoms with Crippen molar-refractivity contribution >= 4 is 34.5 Å². The van der Waals surface area contributed by atoms with Gasteiger partial charge in [-0.3, -0.25) is 9.59 Å².